The van der Waals surface area contributed by atoms with E-state index in [9.17, 15) is 4.79 Å². The summed E-state index contributed by atoms with van der Waals surface area (Å²) in [5.74, 6) is 0.0137. The normalized spacial score (nSPS) is 10.3. The first kappa shape index (κ1) is 14.8. The zero-order valence-corrected chi connectivity index (χ0v) is 13.3. The van der Waals surface area contributed by atoms with Crippen LogP contribution in [0.15, 0.2) is 42.5 Å². The first-order valence-electron chi connectivity index (χ1n) is 6.59. The van der Waals surface area contributed by atoms with Gasteiger partial charge in [-0.1, -0.05) is 46.3 Å². The fraction of sp³-hybridized carbons (Fsp3) is 0.235. The van der Waals surface area contributed by atoms with E-state index in [0.29, 0.717) is 6.42 Å². The third-order valence-electron chi connectivity index (χ3n) is 3.33. The van der Waals surface area contributed by atoms with Gasteiger partial charge in [-0.15, -0.1) is 0 Å². The Labute approximate surface area is 128 Å². The summed E-state index contributed by atoms with van der Waals surface area (Å²) in [4.78, 5) is 12.0. The Balaban J connectivity index is 1.99. The van der Waals surface area contributed by atoms with Gasteiger partial charge in [-0.25, -0.2) is 0 Å². The maximum absolute atomic E-state index is 12.0. The molecule has 0 aliphatic rings. The molecule has 1 amide bonds. The molecule has 0 saturated carbocycles. The zero-order valence-electron chi connectivity index (χ0n) is 11.7. The van der Waals surface area contributed by atoms with Crippen molar-refractivity contribution >= 4 is 27.5 Å². The van der Waals surface area contributed by atoms with Crippen LogP contribution >= 0.6 is 15.9 Å². The van der Waals surface area contributed by atoms with Crippen LogP contribution in [0.2, 0.25) is 0 Å². The van der Waals surface area contributed by atoms with E-state index in [1.807, 2.05) is 30.3 Å². The van der Waals surface area contributed by atoms with Crippen molar-refractivity contribution in [3.8, 4) is 0 Å². The van der Waals surface area contributed by atoms with Crippen LogP contribution in [0.4, 0.5) is 5.69 Å². The number of halogens is 1. The summed E-state index contributed by atoms with van der Waals surface area (Å²) >= 11 is 3.40. The second-order valence-corrected chi connectivity index (χ2v) is 5.53. The Morgan fingerprint density at radius 3 is 2.25 bits per heavy atom. The highest BCUT2D eigenvalue weighted by Crippen LogP contribution is 2.14. The number of rotatable bonds is 4. The van der Waals surface area contributed by atoms with Gasteiger partial charge in [0.1, 0.15) is 0 Å². The summed E-state index contributed by atoms with van der Waals surface area (Å²) in [6.07, 6.45) is 0.404. The molecule has 0 bridgehead atoms. The topological polar surface area (TPSA) is 29.1 Å². The van der Waals surface area contributed by atoms with Crippen LogP contribution in [0.25, 0.3) is 0 Å². The van der Waals surface area contributed by atoms with Gasteiger partial charge in [-0.2, -0.15) is 0 Å². The van der Waals surface area contributed by atoms with Gasteiger partial charge in [0.25, 0.3) is 0 Å². The summed E-state index contributed by atoms with van der Waals surface area (Å²) in [5.41, 5.74) is 5.54. The Bertz CT molecular complexity index is 605. The van der Waals surface area contributed by atoms with Crippen molar-refractivity contribution in [1.29, 1.82) is 0 Å². The van der Waals surface area contributed by atoms with E-state index in [0.717, 1.165) is 16.6 Å². The minimum atomic E-state index is 0.0137. The predicted octanol–water partition coefficient (Wildman–Crippen LogP) is 4.38. The number of amides is 1. The van der Waals surface area contributed by atoms with Crippen molar-refractivity contribution in [3.63, 3.8) is 0 Å². The number of carbonyl (C=O) groups excluding carboxylic acids is 1. The van der Waals surface area contributed by atoms with E-state index in [4.69, 9.17) is 0 Å². The first-order chi connectivity index (χ1) is 9.58. The molecule has 0 aliphatic heterocycles. The summed E-state index contributed by atoms with van der Waals surface area (Å²) in [7, 11) is 0. The second-order valence-electron chi connectivity index (χ2n) is 4.97. The van der Waals surface area contributed by atoms with Crippen LogP contribution in [0.3, 0.4) is 0 Å². The van der Waals surface area contributed by atoms with E-state index in [2.05, 4.69) is 47.2 Å². The van der Waals surface area contributed by atoms with E-state index in [1.54, 1.807) is 0 Å². The molecular weight excluding hydrogens is 314 g/mol. The number of alkyl halides is 1. The van der Waals surface area contributed by atoms with Gasteiger partial charge in [0, 0.05) is 11.0 Å². The average Bonchev–Trinajstić information content (AvgIpc) is 2.44. The van der Waals surface area contributed by atoms with E-state index in [1.165, 1.54) is 16.7 Å². The molecule has 0 atom stereocenters. The molecule has 20 heavy (non-hydrogen) atoms. The lowest BCUT2D eigenvalue weighted by molar-refractivity contribution is -0.115. The molecule has 0 saturated heterocycles. The molecule has 0 radical (unpaired) electrons. The standard InChI is InChI=1S/C17H18BrNO/c1-12-3-4-15(9-13(12)2)10-17(20)19-16-7-5-14(11-18)6-8-16/h3-9H,10-11H2,1-2H3,(H,19,20). The number of anilines is 1. The average molecular weight is 332 g/mol. The number of benzene rings is 2. The van der Waals surface area contributed by atoms with Crippen LogP contribution in [0, 0.1) is 13.8 Å². The van der Waals surface area contributed by atoms with Gasteiger partial charge >= 0.3 is 0 Å². The van der Waals surface area contributed by atoms with Crippen molar-refractivity contribution in [2.45, 2.75) is 25.6 Å². The van der Waals surface area contributed by atoms with Crippen molar-refractivity contribution in [2.75, 3.05) is 5.32 Å². The summed E-state index contributed by atoms with van der Waals surface area (Å²) in [6, 6.07) is 14.0. The SMILES string of the molecule is Cc1ccc(CC(=O)Nc2ccc(CBr)cc2)cc1C. The van der Waals surface area contributed by atoms with Gasteiger partial charge < -0.3 is 5.32 Å². The molecule has 0 aromatic heterocycles. The fourth-order valence-electron chi connectivity index (χ4n) is 1.98. The smallest absolute Gasteiger partial charge is 0.228 e. The summed E-state index contributed by atoms with van der Waals surface area (Å²) < 4.78 is 0. The third-order valence-corrected chi connectivity index (χ3v) is 3.98. The van der Waals surface area contributed by atoms with Crippen LogP contribution in [0.5, 0.6) is 0 Å². The number of aryl methyl sites for hydroxylation is 2. The molecule has 104 valence electrons. The highest BCUT2D eigenvalue weighted by Gasteiger charge is 2.05. The summed E-state index contributed by atoms with van der Waals surface area (Å²) in [6.45, 7) is 4.14. The maximum Gasteiger partial charge on any atom is 0.228 e. The lowest BCUT2D eigenvalue weighted by atomic mass is 10.0. The number of hydrogen-bond acceptors (Lipinski definition) is 1. The number of nitrogens with one attached hydrogen (secondary N) is 1. The molecule has 3 heteroatoms. The largest absolute Gasteiger partial charge is 0.326 e. The van der Waals surface area contributed by atoms with Gasteiger partial charge in [0.2, 0.25) is 5.91 Å². The summed E-state index contributed by atoms with van der Waals surface area (Å²) in [5, 5.41) is 3.74. The fourth-order valence-corrected chi connectivity index (χ4v) is 2.36. The Kier molecular flexibility index (Phi) is 4.96. The second kappa shape index (κ2) is 6.71. The van der Waals surface area contributed by atoms with Crippen LogP contribution in [-0.2, 0) is 16.5 Å². The highest BCUT2D eigenvalue weighted by molar-refractivity contribution is 9.08. The molecule has 0 heterocycles. The molecular formula is C17H18BrNO. The van der Waals surface area contributed by atoms with Crippen molar-refractivity contribution in [3.05, 3.63) is 64.7 Å². The predicted molar refractivity (Wildman–Crippen MR) is 87.3 cm³/mol. The zero-order chi connectivity index (χ0) is 14.5. The molecule has 2 aromatic carbocycles. The molecule has 1 N–H and O–H groups in total. The molecule has 2 aromatic rings. The van der Waals surface area contributed by atoms with E-state index in [-0.39, 0.29) is 5.91 Å². The van der Waals surface area contributed by atoms with Gasteiger partial charge in [-0.3, -0.25) is 4.79 Å². The third kappa shape index (κ3) is 3.94. The van der Waals surface area contributed by atoms with E-state index >= 15 is 0 Å². The van der Waals surface area contributed by atoms with Gasteiger partial charge in [0.15, 0.2) is 0 Å². The monoisotopic (exact) mass is 331 g/mol. The van der Waals surface area contributed by atoms with Crippen molar-refractivity contribution in [1.82, 2.24) is 0 Å². The molecule has 2 nitrogen and oxygen atoms in total. The lowest BCUT2D eigenvalue weighted by Crippen LogP contribution is -2.14. The van der Waals surface area contributed by atoms with Crippen molar-refractivity contribution in [2.24, 2.45) is 0 Å². The lowest BCUT2D eigenvalue weighted by Gasteiger charge is -2.07. The minimum Gasteiger partial charge on any atom is -0.326 e. The highest BCUT2D eigenvalue weighted by atomic mass is 79.9. The Morgan fingerprint density at radius 1 is 1.00 bits per heavy atom. The minimum absolute atomic E-state index is 0.0137. The molecule has 2 rings (SSSR count). The number of hydrogen-bond donors (Lipinski definition) is 1. The molecule has 0 aliphatic carbocycles. The maximum atomic E-state index is 12.0. The van der Waals surface area contributed by atoms with Crippen molar-refractivity contribution < 1.29 is 4.79 Å². The molecule has 0 unspecified atom stereocenters. The number of carbonyl (C=O) groups is 1. The van der Waals surface area contributed by atoms with Gasteiger partial charge in [0.05, 0.1) is 6.42 Å². The quantitative estimate of drug-likeness (QED) is 0.827. The van der Waals surface area contributed by atoms with Crippen LogP contribution < -0.4 is 5.32 Å². The molecule has 0 fully saturated rings. The van der Waals surface area contributed by atoms with Crippen LogP contribution in [0.1, 0.15) is 22.3 Å². The Morgan fingerprint density at radius 2 is 1.65 bits per heavy atom. The van der Waals surface area contributed by atoms with Gasteiger partial charge in [-0.05, 0) is 48.2 Å². The first-order valence-corrected chi connectivity index (χ1v) is 7.71. The van der Waals surface area contributed by atoms with Crippen LogP contribution in [-0.4, -0.2) is 5.91 Å². The van der Waals surface area contributed by atoms with E-state index < -0.39 is 0 Å². The Hall–Kier alpha value is -1.61. The molecule has 0 spiro atoms.